The summed E-state index contributed by atoms with van der Waals surface area (Å²) in [7, 11) is 0. The van der Waals surface area contributed by atoms with E-state index in [4.69, 9.17) is 11.6 Å². The maximum atomic E-state index is 5.48. The Bertz CT molecular complexity index is 328. The van der Waals surface area contributed by atoms with Crippen LogP contribution in [-0.4, -0.2) is 5.88 Å². The van der Waals surface area contributed by atoms with Crippen molar-refractivity contribution < 1.29 is 0 Å². The van der Waals surface area contributed by atoms with E-state index in [2.05, 4.69) is 37.8 Å². The highest BCUT2D eigenvalue weighted by Gasteiger charge is 1.97. The van der Waals surface area contributed by atoms with Gasteiger partial charge in [-0.2, -0.15) is 0 Å². The van der Waals surface area contributed by atoms with E-state index in [0.29, 0.717) is 11.8 Å². The van der Waals surface area contributed by atoms with Crippen molar-refractivity contribution in [3.63, 3.8) is 0 Å². The van der Waals surface area contributed by atoms with Gasteiger partial charge in [-0.05, 0) is 23.6 Å². The average molecular weight is 193 g/mol. The summed E-state index contributed by atoms with van der Waals surface area (Å²) in [5.41, 5.74) is 2.37. The van der Waals surface area contributed by atoms with Crippen LogP contribution in [-0.2, 0) is 0 Å². The first kappa shape index (κ1) is 10.2. The van der Waals surface area contributed by atoms with E-state index in [0.717, 1.165) is 5.56 Å². The summed E-state index contributed by atoms with van der Waals surface area (Å²) in [6.45, 7) is 4.35. The molecule has 0 N–H and O–H groups in total. The Balaban J connectivity index is 2.92. The number of alkyl halides is 1. The number of benzene rings is 1. The van der Waals surface area contributed by atoms with Crippen LogP contribution in [0.4, 0.5) is 0 Å². The van der Waals surface area contributed by atoms with Gasteiger partial charge < -0.3 is 0 Å². The molecule has 1 aromatic rings. The fraction of sp³-hybridized carbons (Fsp3) is 0.333. The third-order valence-electron chi connectivity index (χ3n) is 1.85. The topological polar surface area (TPSA) is 0 Å². The highest BCUT2D eigenvalue weighted by molar-refractivity contribution is 6.19. The van der Waals surface area contributed by atoms with Crippen molar-refractivity contribution in [1.29, 1.82) is 0 Å². The summed E-state index contributed by atoms with van der Waals surface area (Å²) in [6, 6.07) is 8.28. The second-order valence-electron chi connectivity index (χ2n) is 3.22. The third-order valence-corrected chi connectivity index (χ3v) is 1.99. The third kappa shape index (κ3) is 3.13. The summed E-state index contributed by atoms with van der Waals surface area (Å²) in [5, 5.41) is 0. The number of hydrogen-bond donors (Lipinski definition) is 0. The molecule has 0 aromatic heterocycles. The largest absolute Gasteiger partial charge is 0.113 e. The molecule has 0 unspecified atom stereocenters. The number of rotatable bonds is 1. The van der Waals surface area contributed by atoms with Crippen molar-refractivity contribution in [3.05, 3.63) is 35.4 Å². The zero-order valence-corrected chi connectivity index (χ0v) is 8.73. The van der Waals surface area contributed by atoms with Crippen LogP contribution in [0.3, 0.4) is 0 Å². The van der Waals surface area contributed by atoms with Crippen LogP contribution in [0.1, 0.15) is 30.9 Å². The monoisotopic (exact) mass is 192 g/mol. The lowest BCUT2D eigenvalue weighted by atomic mass is 10.0. The Morgan fingerprint density at radius 3 is 2.77 bits per heavy atom. The lowest BCUT2D eigenvalue weighted by Gasteiger charge is -2.04. The molecule has 0 radical (unpaired) electrons. The van der Waals surface area contributed by atoms with E-state index in [1.165, 1.54) is 5.56 Å². The Kier molecular flexibility index (Phi) is 3.86. The predicted octanol–water partition coefficient (Wildman–Crippen LogP) is 3.40. The summed E-state index contributed by atoms with van der Waals surface area (Å²) < 4.78 is 0. The van der Waals surface area contributed by atoms with Crippen molar-refractivity contribution in [2.24, 2.45) is 0 Å². The first-order chi connectivity index (χ1) is 6.24. The normalized spacial score (nSPS) is 9.54. The quantitative estimate of drug-likeness (QED) is 0.473. The Morgan fingerprint density at radius 1 is 1.38 bits per heavy atom. The highest BCUT2D eigenvalue weighted by atomic mass is 35.5. The predicted molar refractivity (Wildman–Crippen MR) is 58.1 cm³/mol. The van der Waals surface area contributed by atoms with Crippen LogP contribution in [0.5, 0.6) is 0 Å². The Morgan fingerprint density at radius 2 is 2.15 bits per heavy atom. The molecular formula is C12H13Cl. The maximum Gasteiger partial charge on any atom is 0.0839 e. The van der Waals surface area contributed by atoms with Crippen LogP contribution in [0.15, 0.2) is 24.3 Å². The van der Waals surface area contributed by atoms with Gasteiger partial charge in [-0.15, -0.1) is 11.6 Å². The molecule has 0 aliphatic heterocycles. The Labute approximate surface area is 84.9 Å². The highest BCUT2D eigenvalue weighted by Crippen LogP contribution is 2.14. The minimum absolute atomic E-state index is 0.395. The van der Waals surface area contributed by atoms with Crippen LogP contribution in [0.2, 0.25) is 0 Å². The molecule has 0 spiro atoms. The molecule has 0 atom stereocenters. The van der Waals surface area contributed by atoms with Crippen molar-refractivity contribution in [2.45, 2.75) is 19.8 Å². The second-order valence-corrected chi connectivity index (χ2v) is 3.48. The van der Waals surface area contributed by atoms with E-state index in [9.17, 15) is 0 Å². The number of halogens is 1. The smallest absolute Gasteiger partial charge is 0.0839 e. The van der Waals surface area contributed by atoms with Crippen molar-refractivity contribution in [3.8, 4) is 11.8 Å². The van der Waals surface area contributed by atoms with Gasteiger partial charge in [-0.25, -0.2) is 0 Å². The molecule has 68 valence electrons. The molecule has 0 aliphatic carbocycles. The van der Waals surface area contributed by atoms with Gasteiger partial charge in [0.2, 0.25) is 0 Å². The lowest BCUT2D eigenvalue weighted by molar-refractivity contribution is 0.866. The lowest BCUT2D eigenvalue weighted by Crippen LogP contribution is -1.87. The zero-order chi connectivity index (χ0) is 9.68. The fourth-order valence-electron chi connectivity index (χ4n) is 1.11. The van der Waals surface area contributed by atoms with E-state index >= 15 is 0 Å². The molecule has 0 aliphatic rings. The van der Waals surface area contributed by atoms with Gasteiger partial charge in [0, 0.05) is 5.56 Å². The van der Waals surface area contributed by atoms with E-state index < -0.39 is 0 Å². The average Bonchev–Trinajstić information content (AvgIpc) is 2.15. The molecule has 1 rings (SSSR count). The SMILES string of the molecule is CC(C)c1cccc(C#CCCl)c1. The van der Waals surface area contributed by atoms with Crippen molar-refractivity contribution >= 4 is 11.6 Å². The standard InChI is InChI=1S/C12H13Cl/c1-10(2)12-7-3-5-11(9-12)6-4-8-13/h3,5,7,9-10H,8H2,1-2H3. The molecule has 0 heterocycles. The van der Waals surface area contributed by atoms with E-state index in [-0.39, 0.29) is 0 Å². The molecule has 0 amide bonds. The summed E-state index contributed by atoms with van der Waals surface area (Å²) >= 11 is 5.48. The van der Waals surface area contributed by atoms with Crippen LogP contribution < -0.4 is 0 Å². The van der Waals surface area contributed by atoms with Gasteiger partial charge >= 0.3 is 0 Å². The molecule has 1 heteroatoms. The van der Waals surface area contributed by atoms with Crippen LogP contribution in [0, 0.1) is 11.8 Å². The molecule has 0 nitrogen and oxygen atoms in total. The number of hydrogen-bond acceptors (Lipinski definition) is 0. The summed E-state index contributed by atoms with van der Waals surface area (Å²) in [6.07, 6.45) is 0. The van der Waals surface area contributed by atoms with Gasteiger partial charge in [-0.3, -0.25) is 0 Å². The van der Waals surface area contributed by atoms with Crippen molar-refractivity contribution in [1.82, 2.24) is 0 Å². The molecule has 0 fully saturated rings. The second kappa shape index (κ2) is 4.94. The fourth-order valence-corrected chi connectivity index (χ4v) is 1.18. The van der Waals surface area contributed by atoms with Gasteiger partial charge in [-0.1, -0.05) is 37.8 Å². The zero-order valence-electron chi connectivity index (χ0n) is 7.97. The minimum atomic E-state index is 0.395. The molecule has 0 saturated heterocycles. The molecule has 0 saturated carbocycles. The molecule has 0 bridgehead atoms. The maximum absolute atomic E-state index is 5.48. The first-order valence-corrected chi connectivity index (χ1v) is 4.92. The van der Waals surface area contributed by atoms with Gasteiger partial charge in [0.1, 0.15) is 0 Å². The summed E-state index contributed by atoms with van der Waals surface area (Å²) in [5.74, 6) is 6.80. The first-order valence-electron chi connectivity index (χ1n) is 4.39. The molecule has 1 aromatic carbocycles. The van der Waals surface area contributed by atoms with E-state index in [1.807, 2.05) is 12.1 Å². The molecular weight excluding hydrogens is 180 g/mol. The van der Waals surface area contributed by atoms with Gasteiger partial charge in [0.25, 0.3) is 0 Å². The Hall–Kier alpha value is -0.930. The van der Waals surface area contributed by atoms with Gasteiger partial charge in [0.05, 0.1) is 5.88 Å². The molecule has 13 heavy (non-hydrogen) atoms. The van der Waals surface area contributed by atoms with E-state index in [1.54, 1.807) is 0 Å². The minimum Gasteiger partial charge on any atom is -0.113 e. The van der Waals surface area contributed by atoms with Crippen LogP contribution >= 0.6 is 11.6 Å². The van der Waals surface area contributed by atoms with Gasteiger partial charge in [0.15, 0.2) is 0 Å². The van der Waals surface area contributed by atoms with Crippen molar-refractivity contribution in [2.75, 3.05) is 5.88 Å². The summed E-state index contributed by atoms with van der Waals surface area (Å²) in [4.78, 5) is 0. The van der Waals surface area contributed by atoms with Crippen LogP contribution in [0.25, 0.3) is 0 Å².